The van der Waals surface area contributed by atoms with Gasteiger partial charge < -0.3 is 14.2 Å². The fraction of sp³-hybridized carbons (Fsp3) is 0.471. The molecule has 3 rings (SSSR count). The highest BCUT2D eigenvalue weighted by Gasteiger charge is 2.31. The van der Waals surface area contributed by atoms with Crippen molar-refractivity contribution in [2.24, 2.45) is 0 Å². The van der Waals surface area contributed by atoms with Crippen molar-refractivity contribution in [3.8, 4) is 11.3 Å². The van der Waals surface area contributed by atoms with E-state index in [4.69, 9.17) is 9.26 Å². The summed E-state index contributed by atoms with van der Waals surface area (Å²) >= 11 is 0. The third-order valence-electron chi connectivity index (χ3n) is 4.51. The largest absolute Gasteiger partial charge is 0.380 e. The summed E-state index contributed by atoms with van der Waals surface area (Å²) in [5.41, 5.74) is 1.16. The number of nitrogens with zero attached hydrogens (tertiary/aromatic N) is 4. The van der Waals surface area contributed by atoms with Gasteiger partial charge in [-0.25, -0.2) is 0 Å². The molecule has 0 aliphatic carbocycles. The van der Waals surface area contributed by atoms with Gasteiger partial charge in [0.15, 0.2) is 11.5 Å². The van der Waals surface area contributed by atoms with E-state index in [-0.39, 0.29) is 18.1 Å². The van der Waals surface area contributed by atoms with E-state index < -0.39 is 0 Å². The van der Waals surface area contributed by atoms with Gasteiger partial charge in [-0.05, 0) is 25.6 Å². The van der Waals surface area contributed by atoms with Crippen molar-refractivity contribution < 1.29 is 14.1 Å². The van der Waals surface area contributed by atoms with Crippen molar-refractivity contribution in [1.29, 1.82) is 0 Å². The number of carbonyl (C=O) groups excluding carboxylic acids is 1. The first-order valence-corrected chi connectivity index (χ1v) is 7.94. The lowest BCUT2D eigenvalue weighted by Crippen LogP contribution is -2.39. The number of ether oxygens (including phenoxy) is 1. The minimum absolute atomic E-state index is 0.145. The Bertz CT molecular complexity index is 688. The van der Waals surface area contributed by atoms with Gasteiger partial charge in [0.25, 0.3) is 5.91 Å². The van der Waals surface area contributed by atoms with Crippen LogP contribution in [0.15, 0.2) is 35.1 Å². The Labute approximate surface area is 141 Å². The molecular weight excluding hydrogens is 308 g/mol. The highest BCUT2D eigenvalue weighted by atomic mass is 16.5. The van der Waals surface area contributed by atoms with Crippen LogP contribution >= 0.6 is 0 Å². The Kier molecular flexibility index (Phi) is 4.92. The van der Waals surface area contributed by atoms with Gasteiger partial charge in [-0.15, -0.1) is 0 Å². The van der Waals surface area contributed by atoms with Crippen LogP contribution in [-0.2, 0) is 4.74 Å². The predicted octanol–water partition coefficient (Wildman–Crippen LogP) is 1.53. The first-order chi connectivity index (χ1) is 11.6. The van der Waals surface area contributed by atoms with E-state index in [1.807, 2.05) is 12.1 Å². The lowest BCUT2D eigenvalue weighted by atomic mass is 10.1. The highest BCUT2D eigenvalue weighted by molar-refractivity contribution is 5.93. The van der Waals surface area contributed by atoms with Crippen LogP contribution < -0.4 is 0 Å². The van der Waals surface area contributed by atoms with Gasteiger partial charge in [0, 0.05) is 57.3 Å². The van der Waals surface area contributed by atoms with Crippen molar-refractivity contribution in [3.63, 3.8) is 0 Å². The average molecular weight is 330 g/mol. The molecule has 2 atom stereocenters. The van der Waals surface area contributed by atoms with Crippen molar-refractivity contribution in [2.75, 3.05) is 34.3 Å². The first-order valence-electron chi connectivity index (χ1n) is 7.94. The molecule has 1 saturated heterocycles. The number of aromatic nitrogens is 2. The molecule has 7 heteroatoms. The van der Waals surface area contributed by atoms with Crippen LogP contribution in [0.2, 0.25) is 0 Å². The summed E-state index contributed by atoms with van der Waals surface area (Å²) in [7, 11) is 5.57. The van der Waals surface area contributed by atoms with E-state index in [1.54, 1.807) is 37.5 Å². The SMILES string of the molecule is CO[C@H]1C[C@@H](CN(C)C(=O)c2cc(-c3ccncc3)on2)N(C)C1. The molecule has 7 nitrogen and oxygen atoms in total. The molecule has 0 bridgehead atoms. The number of hydrogen-bond acceptors (Lipinski definition) is 6. The normalized spacial score (nSPS) is 21.1. The van der Waals surface area contributed by atoms with E-state index in [0.717, 1.165) is 18.5 Å². The molecule has 0 radical (unpaired) electrons. The zero-order valence-electron chi connectivity index (χ0n) is 14.2. The number of likely N-dealkylation sites (N-methyl/N-ethyl adjacent to an activating group) is 2. The number of methoxy groups -OCH3 is 1. The monoisotopic (exact) mass is 330 g/mol. The van der Waals surface area contributed by atoms with Crippen LogP contribution in [0.5, 0.6) is 0 Å². The molecule has 24 heavy (non-hydrogen) atoms. The van der Waals surface area contributed by atoms with Crippen LogP contribution in [0.1, 0.15) is 16.9 Å². The van der Waals surface area contributed by atoms with E-state index in [0.29, 0.717) is 18.0 Å². The third-order valence-corrected chi connectivity index (χ3v) is 4.51. The lowest BCUT2D eigenvalue weighted by Gasteiger charge is -2.24. The number of hydrogen-bond donors (Lipinski definition) is 0. The third kappa shape index (κ3) is 3.47. The molecule has 0 saturated carbocycles. The molecular formula is C17H22N4O3. The quantitative estimate of drug-likeness (QED) is 0.828. The minimum atomic E-state index is -0.145. The Balaban J connectivity index is 1.65. The maximum atomic E-state index is 12.6. The summed E-state index contributed by atoms with van der Waals surface area (Å²) in [5.74, 6) is 0.417. The van der Waals surface area contributed by atoms with Crippen molar-refractivity contribution in [1.82, 2.24) is 19.9 Å². The Morgan fingerprint density at radius 3 is 2.88 bits per heavy atom. The summed E-state index contributed by atoms with van der Waals surface area (Å²) in [4.78, 5) is 20.5. The number of likely N-dealkylation sites (tertiary alicyclic amines) is 1. The van der Waals surface area contributed by atoms with E-state index >= 15 is 0 Å². The Hall–Kier alpha value is -2.25. The molecule has 1 aliphatic rings. The lowest BCUT2D eigenvalue weighted by molar-refractivity contribution is 0.0750. The van der Waals surface area contributed by atoms with Crippen molar-refractivity contribution in [2.45, 2.75) is 18.6 Å². The molecule has 128 valence electrons. The number of carbonyl (C=O) groups is 1. The standard InChI is InChI=1S/C17H22N4O3/c1-20-11-14(23-3)8-13(20)10-21(2)17(22)15-9-16(24-19-15)12-4-6-18-7-5-12/h4-7,9,13-14H,8,10-11H2,1-3H3/t13-,14-/m0/s1. The maximum absolute atomic E-state index is 12.6. The van der Waals surface area contributed by atoms with Crippen LogP contribution in [0.4, 0.5) is 0 Å². The molecule has 1 aliphatic heterocycles. The van der Waals surface area contributed by atoms with Gasteiger partial charge in [-0.3, -0.25) is 14.7 Å². The topological polar surface area (TPSA) is 71.7 Å². The van der Waals surface area contributed by atoms with Crippen molar-refractivity contribution >= 4 is 5.91 Å². The molecule has 3 heterocycles. The Morgan fingerprint density at radius 1 is 1.46 bits per heavy atom. The van der Waals surface area contributed by atoms with Crippen LogP contribution in [0.3, 0.4) is 0 Å². The van der Waals surface area contributed by atoms with Gasteiger partial charge >= 0.3 is 0 Å². The number of rotatable bonds is 5. The van der Waals surface area contributed by atoms with Crippen LogP contribution in [0, 0.1) is 0 Å². The summed E-state index contributed by atoms with van der Waals surface area (Å²) in [5, 5.41) is 3.91. The van der Waals surface area contributed by atoms with Gasteiger partial charge in [0.05, 0.1) is 6.10 Å². The zero-order chi connectivity index (χ0) is 17.1. The fourth-order valence-electron chi connectivity index (χ4n) is 3.04. The maximum Gasteiger partial charge on any atom is 0.275 e. The zero-order valence-corrected chi connectivity index (χ0v) is 14.2. The molecule has 0 unspecified atom stereocenters. The summed E-state index contributed by atoms with van der Waals surface area (Å²) in [6, 6.07) is 5.59. The second-order valence-electron chi connectivity index (χ2n) is 6.18. The number of amides is 1. The molecule has 1 fully saturated rings. The average Bonchev–Trinajstić information content (AvgIpc) is 3.22. The van der Waals surface area contributed by atoms with Gasteiger partial charge in [0.2, 0.25) is 0 Å². The summed E-state index contributed by atoms with van der Waals surface area (Å²) in [6.07, 6.45) is 4.50. The molecule has 0 spiro atoms. The number of pyridine rings is 1. The van der Waals surface area contributed by atoms with Gasteiger partial charge in [-0.2, -0.15) is 0 Å². The molecule has 0 aromatic carbocycles. The van der Waals surface area contributed by atoms with Crippen molar-refractivity contribution in [3.05, 3.63) is 36.3 Å². The first kappa shape index (κ1) is 16.6. The minimum Gasteiger partial charge on any atom is -0.380 e. The van der Waals surface area contributed by atoms with Gasteiger partial charge in [-0.1, -0.05) is 5.16 Å². The Morgan fingerprint density at radius 2 is 2.21 bits per heavy atom. The molecule has 1 amide bonds. The smallest absolute Gasteiger partial charge is 0.275 e. The second-order valence-corrected chi connectivity index (χ2v) is 6.18. The molecule has 0 N–H and O–H groups in total. The molecule has 2 aromatic heterocycles. The highest BCUT2D eigenvalue weighted by Crippen LogP contribution is 2.21. The van der Waals surface area contributed by atoms with E-state index in [9.17, 15) is 4.79 Å². The van der Waals surface area contributed by atoms with E-state index in [1.165, 1.54) is 0 Å². The van der Waals surface area contributed by atoms with Crippen LogP contribution in [0.25, 0.3) is 11.3 Å². The molecule has 2 aromatic rings. The summed E-state index contributed by atoms with van der Waals surface area (Å²) in [6.45, 7) is 1.52. The predicted molar refractivity (Wildman–Crippen MR) is 88.5 cm³/mol. The van der Waals surface area contributed by atoms with Gasteiger partial charge in [0.1, 0.15) is 0 Å². The summed E-state index contributed by atoms with van der Waals surface area (Å²) < 4.78 is 10.7. The van der Waals surface area contributed by atoms with Crippen LogP contribution in [-0.4, -0.2) is 72.3 Å². The second kappa shape index (κ2) is 7.11. The van der Waals surface area contributed by atoms with E-state index in [2.05, 4.69) is 22.1 Å². The fourth-order valence-corrected chi connectivity index (χ4v) is 3.04.